The summed E-state index contributed by atoms with van der Waals surface area (Å²) in [5.41, 5.74) is 2.56. The van der Waals surface area contributed by atoms with Crippen LogP contribution in [0.15, 0.2) is 91.0 Å². The molecular formula is C31H37N2O2Ti. The summed E-state index contributed by atoms with van der Waals surface area (Å²) in [6.07, 6.45) is 2.59. The summed E-state index contributed by atoms with van der Waals surface area (Å²) in [5.74, 6) is 0.0276. The molecule has 0 aliphatic heterocycles. The molecule has 1 fully saturated rings. The molecule has 1 aliphatic rings. The number of amides is 2. The van der Waals surface area contributed by atoms with E-state index in [-0.39, 0.29) is 33.0 Å². The summed E-state index contributed by atoms with van der Waals surface area (Å²) >= 11 is -1.82. The monoisotopic (exact) mass is 517 g/mol. The van der Waals surface area contributed by atoms with Gasteiger partial charge in [0.05, 0.1) is 0 Å². The molecule has 5 heteroatoms. The molecule has 2 N–H and O–H groups in total. The van der Waals surface area contributed by atoms with Crippen LogP contribution in [0, 0.1) is 11.3 Å². The van der Waals surface area contributed by atoms with Crippen molar-refractivity contribution in [2.75, 3.05) is 0 Å². The van der Waals surface area contributed by atoms with Gasteiger partial charge in [0.25, 0.3) is 0 Å². The van der Waals surface area contributed by atoms with E-state index in [1.54, 1.807) is 0 Å². The van der Waals surface area contributed by atoms with Crippen LogP contribution in [0.2, 0.25) is 10.5 Å². The zero-order valence-corrected chi connectivity index (χ0v) is 23.3. The second-order valence-electron chi connectivity index (χ2n) is 11.1. The van der Waals surface area contributed by atoms with Crippen molar-refractivity contribution in [3.05, 3.63) is 108 Å². The molecule has 0 aromatic heterocycles. The second-order valence-corrected chi connectivity index (χ2v) is 15.6. The van der Waals surface area contributed by atoms with Crippen molar-refractivity contribution in [3.63, 3.8) is 0 Å². The van der Waals surface area contributed by atoms with Crippen LogP contribution in [-0.4, -0.2) is 21.7 Å². The van der Waals surface area contributed by atoms with Crippen molar-refractivity contribution in [3.8, 4) is 0 Å². The molecular weight excluding hydrogens is 480 g/mol. The van der Waals surface area contributed by atoms with Crippen molar-refractivity contribution in [1.82, 2.24) is 10.6 Å². The normalized spacial score (nSPS) is 22.9. The first-order valence-corrected chi connectivity index (χ1v) is 16.7. The molecule has 0 heterocycles. The van der Waals surface area contributed by atoms with Crippen LogP contribution in [0.5, 0.6) is 0 Å². The van der Waals surface area contributed by atoms with Crippen LogP contribution in [0.4, 0.5) is 0 Å². The van der Waals surface area contributed by atoms with Gasteiger partial charge in [0, 0.05) is 0 Å². The fourth-order valence-corrected chi connectivity index (χ4v) is 9.39. The average molecular weight is 518 g/mol. The third kappa shape index (κ3) is 5.99. The Morgan fingerprint density at radius 2 is 1.31 bits per heavy atom. The standard InChI is InChI=1S/C29H31N2O2.2CH3.Ti/c1-29(2)19-25(30-27(32)22-14-8-4-9-15-22)24(18-21-12-6-3-7-13-21)26(20-29)31-28(33)23-16-10-5-11-17-23;;;/h3-17,24-25H,18-20H2,1-2H3,(H,30,32)(H,31,33);2*1H3;. The summed E-state index contributed by atoms with van der Waals surface area (Å²) in [7, 11) is 0. The van der Waals surface area contributed by atoms with Crippen molar-refractivity contribution in [2.45, 2.75) is 53.5 Å². The first-order valence-electron chi connectivity index (χ1n) is 12.8. The molecule has 3 atom stereocenters. The number of hydrogen-bond acceptors (Lipinski definition) is 2. The van der Waals surface area contributed by atoms with Gasteiger partial charge in [0.1, 0.15) is 0 Å². The zero-order valence-electron chi connectivity index (χ0n) is 21.8. The van der Waals surface area contributed by atoms with Gasteiger partial charge in [-0.05, 0) is 0 Å². The molecule has 2 amide bonds. The molecule has 4 nitrogen and oxygen atoms in total. The molecule has 0 spiro atoms. The summed E-state index contributed by atoms with van der Waals surface area (Å²) in [4.78, 5) is 27.0. The van der Waals surface area contributed by atoms with Gasteiger partial charge in [-0.2, -0.15) is 0 Å². The van der Waals surface area contributed by atoms with Crippen molar-refractivity contribution in [1.29, 1.82) is 0 Å². The number of benzene rings is 3. The number of hydrogen-bond donors (Lipinski definition) is 2. The van der Waals surface area contributed by atoms with E-state index in [1.807, 2.05) is 66.7 Å². The number of carbonyl (C=O) groups is 2. The minimum atomic E-state index is -1.82. The van der Waals surface area contributed by atoms with Crippen molar-refractivity contribution >= 4 is 11.8 Å². The molecule has 3 aromatic rings. The number of rotatable bonds is 7. The molecule has 3 aromatic carbocycles. The molecule has 187 valence electrons. The molecule has 1 aliphatic carbocycles. The van der Waals surface area contributed by atoms with Gasteiger partial charge in [-0.15, -0.1) is 0 Å². The van der Waals surface area contributed by atoms with Crippen molar-refractivity contribution < 1.29 is 27.5 Å². The first kappa shape index (κ1) is 26.4. The third-order valence-corrected chi connectivity index (χ3v) is 11.4. The van der Waals surface area contributed by atoms with Gasteiger partial charge < -0.3 is 0 Å². The van der Waals surface area contributed by atoms with Crippen LogP contribution in [0.3, 0.4) is 0 Å². The summed E-state index contributed by atoms with van der Waals surface area (Å²) < 4.78 is -0.334. The molecule has 0 bridgehead atoms. The van der Waals surface area contributed by atoms with Gasteiger partial charge in [0.2, 0.25) is 0 Å². The Labute approximate surface area is 221 Å². The molecule has 0 saturated heterocycles. The average Bonchev–Trinajstić information content (AvgIpc) is 2.87. The van der Waals surface area contributed by atoms with Gasteiger partial charge >= 0.3 is 222 Å². The second kappa shape index (κ2) is 11.1. The summed E-state index contributed by atoms with van der Waals surface area (Å²) in [6.45, 7) is 4.55. The van der Waals surface area contributed by atoms with E-state index in [1.165, 1.54) is 5.56 Å². The zero-order chi connectivity index (χ0) is 25.8. The van der Waals surface area contributed by atoms with Crippen molar-refractivity contribution in [2.24, 2.45) is 11.3 Å². The van der Waals surface area contributed by atoms with Crippen LogP contribution in [0.1, 0.15) is 53.0 Å². The fourth-order valence-electron chi connectivity index (χ4n) is 5.89. The van der Waals surface area contributed by atoms with Crippen LogP contribution in [-0.2, 0) is 24.3 Å². The fraction of sp³-hybridized carbons (Fsp3) is 0.355. The quantitative estimate of drug-likeness (QED) is 0.361. The Morgan fingerprint density at radius 1 is 0.806 bits per heavy atom. The number of carbonyl (C=O) groups excluding carboxylic acids is 2. The van der Waals surface area contributed by atoms with E-state index in [4.69, 9.17) is 0 Å². The van der Waals surface area contributed by atoms with E-state index in [0.29, 0.717) is 11.1 Å². The predicted octanol–water partition coefficient (Wildman–Crippen LogP) is 6.30. The molecule has 4 rings (SSSR count). The van der Waals surface area contributed by atoms with Gasteiger partial charge in [-0.1, -0.05) is 0 Å². The predicted molar refractivity (Wildman–Crippen MR) is 143 cm³/mol. The van der Waals surface area contributed by atoms with Gasteiger partial charge in [-0.25, -0.2) is 0 Å². The maximum absolute atomic E-state index is 13.6. The Balaban J connectivity index is 1.76. The molecule has 0 radical (unpaired) electrons. The van der Waals surface area contributed by atoms with E-state index in [9.17, 15) is 9.59 Å². The van der Waals surface area contributed by atoms with Crippen LogP contribution in [0.25, 0.3) is 0 Å². The Kier molecular flexibility index (Phi) is 8.17. The Bertz CT molecular complexity index is 1160. The van der Waals surface area contributed by atoms with E-state index >= 15 is 0 Å². The van der Waals surface area contributed by atoms with E-state index < -0.39 is 17.9 Å². The first-order chi connectivity index (χ1) is 17.2. The number of nitrogens with one attached hydrogen (secondary N) is 2. The SMILES string of the molecule is [CH3][Ti]([CH3])[C]1(NC(=O)c2ccccc2)CC(C)(C)CC(NC(=O)c2ccccc2)C1Cc1ccccc1. The van der Waals surface area contributed by atoms with E-state index in [0.717, 1.165) is 19.3 Å². The molecule has 3 unspecified atom stereocenters. The topological polar surface area (TPSA) is 58.2 Å². The molecule has 36 heavy (non-hydrogen) atoms. The van der Waals surface area contributed by atoms with Gasteiger partial charge in [-0.3, -0.25) is 0 Å². The molecule has 1 saturated carbocycles. The van der Waals surface area contributed by atoms with E-state index in [2.05, 4.69) is 59.2 Å². The third-order valence-electron chi connectivity index (χ3n) is 7.56. The van der Waals surface area contributed by atoms with Gasteiger partial charge in [0.15, 0.2) is 0 Å². The van der Waals surface area contributed by atoms with Crippen LogP contribution < -0.4 is 10.6 Å². The maximum atomic E-state index is 13.6. The Hall–Kier alpha value is -2.69. The Morgan fingerprint density at radius 3 is 1.83 bits per heavy atom. The minimum absolute atomic E-state index is 0.0202. The summed E-state index contributed by atoms with van der Waals surface area (Å²) in [6, 6.07) is 29.4. The van der Waals surface area contributed by atoms with Crippen LogP contribution >= 0.6 is 0 Å². The summed E-state index contributed by atoms with van der Waals surface area (Å²) in [5, 5.41) is 11.7.